The van der Waals surface area contributed by atoms with Crippen molar-refractivity contribution in [1.82, 2.24) is 9.88 Å². The van der Waals surface area contributed by atoms with Gasteiger partial charge in [-0.3, -0.25) is 9.59 Å². The van der Waals surface area contributed by atoms with Gasteiger partial charge in [-0.15, -0.1) is 0 Å². The molecule has 1 fully saturated rings. The molecule has 0 bridgehead atoms. The van der Waals surface area contributed by atoms with Crippen molar-refractivity contribution in [2.24, 2.45) is 0 Å². The van der Waals surface area contributed by atoms with Crippen LogP contribution in [0.25, 0.3) is 0 Å². The summed E-state index contributed by atoms with van der Waals surface area (Å²) in [6.45, 7) is 2.84. The molecule has 1 aromatic heterocycles. The zero-order valence-electron chi connectivity index (χ0n) is 13.3. The topological polar surface area (TPSA) is 65.5 Å². The number of carbonyl (C=O) groups excluding carboxylic acids is 2. The number of aromatic nitrogens is 1. The predicted octanol–water partition coefficient (Wildman–Crippen LogP) is 2.92. The molecule has 6 nitrogen and oxygen atoms in total. The number of rotatable bonds is 4. The number of halogens is 2. The Bertz CT molecular complexity index is 775. The third-order valence-electron chi connectivity index (χ3n) is 4.01. The molecule has 0 aliphatic carbocycles. The monoisotopic (exact) mass is 378 g/mol. The number of hydrogen-bond acceptors (Lipinski definition) is 4. The molecule has 1 aliphatic rings. The van der Waals surface area contributed by atoms with Gasteiger partial charge in [0, 0.05) is 26.2 Å². The molecule has 2 amide bonds. The fourth-order valence-electron chi connectivity index (χ4n) is 2.58. The predicted molar refractivity (Wildman–Crippen MR) is 98.5 cm³/mol. The summed E-state index contributed by atoms with van der Waals surface area (Å²) in [6.07, 6.45) is 2.52. The zero-order chi connectivity index (χ0) is 17.8. The third-order valence-corrected chi connectivity index (χ3v) is 4.83. The van der Waals surface area contributed by atoms with Gasteiger partial charge in [0.15, 0.2) is 0 Å². The van der Waals surface area contributed by atoms with Gasteiger partial charge in [0.2, 0.25) is 6.41 Å². The maximum atomic E-state index is 12.3. The van der Waals surface area contributed by atoms with Crippen LogP contribution in [0.15, 0.2) is 36.5 Å². The van der Waals surface area contributed by atoms with Crippen LogP contribution in [0.5, 0.6) is 0 Å². The first-order valence-corrected chi connectivity index (χ1v) is 8.50. The average Bonchev–Trinajstić information content (AvgIpc) is 2.65. The second-order valence-corrected chi connectivity index (χ2v) is 6.37. The standard InChI is InChI=1S/C17H16Cl2N4O2/c18-13-2-1-3-14(16(13)19)21-17(25)15-5-4-12(10-20-15)23-8-6-22(11-24)7-9-23/h1-5,10-11H,6-9H2,(H,21,25). The van der Waals surface area contributed by atoms with E-state index in [9.17, 15) is 9.59 Å². The number of hydrogen-bond donors (Lipinski definition) is 1. The molecule has 2 aromatic rings. The Balaban J connectivity index is 1.67. The summed E-state index contributed by atoms with van der Waals surface area (Å²) in [5.41, 5.74) is 1.64. The van der Waals surface area contributed by atoms with Crippen molar-refractivity contribution in [1.29, 1.82) is 0 Å². The highest BCUT2D eigenvalue weighted by molar-refractivity contribution is 6.44. The van der Waals surface area contributed by atoms with Crippen molar-refractivity contribution in [2.45, 2.75) is 0 Å². The van der Waals surface area contributed by atoms with Crippen LogP contribution < -0.4 is 10.2 Å². The molecule has 0 unspecified atom stereocenters. The fraction of sp³-hybridized carbons (Fsp3) is 0.235. The van der Waals surface area contributed by atoms with Crippen molar-refractivity contribution >= 4 is 46.9 Å². The molecule has 8 heteroatoms. The van der Waals surface area contributed by atoms with E-state index in [1.54, 1.807) is 35.4 Å². The number of amides is 2. The Morgan fingerprint density at radius 2 is 1.88 bits per heavy atom. The molecule has 0 atom stereocenters. The van der Waals surface area contributed by atoms with Crippen LogP contribution in [0.3, 0.4) is 0 Å². The molecular weight excluding hydrogens is 363 g/mol. The minimum atomic E-state index is -0.360. The van der Waals surface area contributed by atoms with E-state index in [4.69, 9.17) is 23.2 Å². The van der Waals surface area contributed by atoms with E-state index in [1.807, 2.05) is 6.07 Å². The van der Waals surface area contributed by atoms with Crippen molar-refractivity contribution in [3.8, 4) is 0 Å². The van der Waals surface area contributed by atoms with Crippen LogP contribution in [0, 0.1) is 0 Å². The molecule has 0 radical (unpaired) electrons. The lowest BCUT2D eigenvalue weighted by Crippen LogP contribution is -2.45. The number of benzene rings is 1. The molecule has 1 aliphatic heterocycles. The molecule has 1 N–H and O–H groups in total. The van der Waals surface area contributed by atoms with Gasteiger partial charge in [0.25, 0.3) is 5.91 Å². The van der Waals surface area contributed by atoms with Gasteiger partial charge in [0.1, 0.15) is 5.69 Å². The number of nitrogens with one attached hydrogen (secondary N) is 1. The van der Waals surface area contributed by atoms with E-state index in [-0.39, 0.29) is 11.6 Å². The van der Waals surface area contributed by atoms with Crippen molar-refractivity contribution in [3.63, 3.8) is 0 Å². The number of carbonyl (C=O) groups is 2. The van der Waals surface area contributed by atoms with Gasteiger partial charge in [-0.25, -0.2) is 4.98 Å². The molecular formula is C17H16Cl2N4O2. The SMILES string of the molecule is O=CN1CCN(c2ccc(C(=O)Nc3cccc(Cl)c3Cl)nc2)CC1. The molecule has 3 rings (SSSR count). The lowest BCUT2D eigenvalue weighted by molar-refractivity contribution is -0.118. The third kappa shape index (κ3) is 4.03. The van der Waals surface area contributed by atoms with Crippen LogP contribution in [0.2, 0.25) is 10.0 Å². The molecule has 130 valence electrons. The largest absolute Gasteiger partial charge is 0.367 e. The lowest BCUT2D eigenvalue weighted by Gasteiger charge is -2.33. The highest BCUT2D eigenvalue weighted by Crippen LogP contribution is 2.29. The molecule has 1 saturated heterocycles. The number of pyridine rings is 1. The van der Waals surface area contributed by atoms with Crippen LogP contribution in [0.1, 0.15) is 10.5 Å². The van der Waals surface area contributed by atoms with E-state index < -0.39 is 0 Å². The molecule has 0 spiro atoms. The molecule has 1 aromatic carbocycles. The van der Waals surface area contributed by atoms with Crippen molar-refractivity contribution in [3.05, 3.63) is 52.3 Å². The second kappa shape index (κ2) is 7.72. The first kappa shape index (κ1) is 17.5. The van der Waals surface area contributed by atoms with E-state index in [0.29, 0.717) is 28.8 Å². The smallest absolute Gasteiger partial charge is 0.274 e. The first-order chi connectivity index (χ1) is 12.1. The summed E-state index contributed by atoms with van der Waals surface area (Å²) in [4.78, 5) is 31.2. The van der Waals surface area contributed by atoms with Gasteiger partial charge in [-0.2, -0.15) is 0 Å². The van der Waals surface area contributed by atoms with Crippen molar-refractivity contribution in [2.75, 3.05) is 36.4 Å². The minimum Gasteiger partial charge on any atom is -0.367 e. The van der Waals surface area contributed by atoms with E-state index >= 15 is 0 Å². The highest BCUT2D eigenvalue weighted by atomic mass is 35.5. The van der Waals surface area contributed by atoms with Gasteiger partial charge in [-0.05, 0) is 24.3 Å². The van der Waals surface area contributed by atoms with Gasteiger partial charge < -0.3 is 15.1 Å². The maximum Gasteiger partial charge on any atom is 0.274 e. The number of anilines is 2. The number of piperazine rings is 1. The fourth-order valence-corrected chi connectivity index (χ4v) is 2.93. The quantitative estimate of drug-likeness (QED) is 0.830. The summed E-state index contributed by atoms with van der Waals surface area (Å²) in [7, 11) is 0. The highest BCUT2D eigenvalue weighted by Gasteiger charge is 2.17. The summed E-state index contributed by atoms with van der Waals surface area (Å²) in [5, 5.41) is 3.37. The Kier molecular flexibility index (Phi) is 5.40. The van der Waals surface area contributed by atoms with E-state index in [1.165, 1.54) is 0 Å². The molecule has 25 heavy (non-hydrogen) atoms. The Morgan fingerprint density at radius 3 is 2.52 bits per heavy atom. The summed E-state index contributed by atoms with van der Waals surface area (Å²) in [5.74, 6) is -0.360. The Labute approximate surface area is 155 Å². The molecule has 2 heterocycles. The second-order valence-electron chi connectivity index (χ2n) is 5.59. The van der Waals surface area contributed by atoms with Crippen LogP contribution in [0.4, 0.5) is 11.4 Å². The van der Waals surface area contributed by atoms with Crippen molar-refractivity contribution < 1.29 is 9.59 Å². The van der Waals surface area contributed by atoms with E-state index in [0.717, 1.165) is 25.2 Å². The van der Waals surface area contributed by atoms with Crippen LogP contribution in [-0.4, -0.2) is 48.4 Å². The summed E-state index contributed by atoms with van der Waals surface area (Å²) in [6, 6.07) is 8.54. The molecule has 0 saturated carbocycles. The Morgan fingerprint density at radius 1 is 1.12 bits per heavy atom. The normalized spacial score (nSPS) is 14.3. The minimum absolute atomic E-state index is 0.284. The first-order valence-electron chi connectivity index (χ1n) is 7.74. The van der Waals surface area contributed by atoms with Gasteiger partial charge >= 0.3 is 0 Å². The maximum absolute atomic E-state index is 12.3. The van der Waals surface area contributed by atoms with Crippen LogP contribution >= 0.6 is 23.2 Å². The van der Waals surface area contributed by atoms with Gasteiger partial charge in [0.05, 0.1) is 27.6 Å². The van der Waals surface area contributed by atoms with Crippen LogP contribution in [-0.2, 0) is 4.79 Å². The zero-order valence-corrected chi connectivity index (χ0v) is 14.8. The average molecular weight is 379 g/mol. The van der Waals surface area contributed by atoms with Gasteiger partial charge in [-0.1, -0.05) is 29.3 Å². The summed E-state index contributed by atoms with van der Waals surface area (Å²) >= 11 is 12.0. The number of nitrogens with zero attached hydrogens (tertiary/aromatic N) is 3. The lowest BCUT2D eigenvalue weighted by atomic mass is 10.2. The summed E-state index contributed by atoms with van der Waals surface area (Å²) < 4.78 is 0. The van der Waals surface area contributed by atoms with E-state index in [2.05, 4.69) is 15.2 Å². The Hall–Kier alpha value is -2.31.